The summed E-state index contributed by atoms with van der Waals surface area (Å²) in [6.45, 7) is 15.2. The Kier molecular flexibility index (Phi) is 10.5. The van der Waals surface area contributed by atoms with Gasteiger partial charge in [0.05, 0.1) is 6.04 Å². The smallest absolute Gasteiger partial charge is 0.331 e. The number of amides is 2. The third kappa shape index (κ3) is 8.28. The van der Waals surface area contributed by atoms with Crippen LogP contribution in [0, 0.1) is 11.3 Å². The van der Waals surface area contributed by atoms with E-state index in [4.69, 9.17) is 0 Å². The van der Waals surface area contributed by atoms with E-state index in [-0.39, 0.29) is 23.3 Å². The first-order chi connectivity index (χ1) is 15.6. The first-order valence-electron chi connectivity index (χ1n) is 11.9. The summed E-state index contributed by atoms with van der Waals surface area (Å²) in [6, 6.07) is 7.94. The lowest BCUT2D eigenvalue weighted by Gasteiger charge is -2.37. The normalized spacial score (nSPS) is 15.4. The molecule has 3 atom stereocenters. The second kappa shape index (κ2) is 12.2. The zero-order valence-electron chi connectivity index (χ0n) is 22.2. The van der Waals surface area contributed by atoms with Gasteiger partial charge in [-0.3, -0.25) is 9.59 Å². The van der Waals surface area contributed by atoms with E-state index in [9.17, 15) is 19.5 Å². The number of benzene rings is 1. The summed E-state index contributed by atoms with van der Waals surface area (Å²) in [7, 11) is 1.74. The van der Waals surface area contributed by atoms with Gasteiger partial charge in [-0.2, -0.15) is 0 Å². The van der Waals surface area contributed by atoms with Gasteiger partial charge >= 0.3 is 5.97 Å². The van der Waals surface area contributed by atoms with E-state index in [1.54, 1.807) is 13.1 Å². The fraction of sp³-hybridized carbons (Fsp3) is 0.593. The average Bonchev–Trinajstić information content (AvgIpc) is 2.71. The molecule has 190 valence electrons. The van der Waals surface area contributed by atoms with Gasteiger partial charge < -0.3 is 21.1 Å². The van der Waals surface area contributed by atoms with Crippen LogP contribution >= 0.6 is 0 Å². The van der Waals surface area contributed by atoms with Gasteiger partial charge in [-0.1, -0.05) is 84.9 Å². The number of hydrogen-bond donors (Lipinski definition) is 4. The van der Waals surface area contributed by atoms with Gasteiger partial charge in [0.15, 0.2) is 0 Å². The molecular weight excluding hydrogens is 430 g/mol. The third-order valence-corrected chi connectivity index (χ3v) is 6.05. The molecule has 0 saturated carbocycles. The summed E-state index contributed by atoms with van der Waals surface area (Å²) in [5, 5.41) is 18.3. The summed E-state index contributed by atoms with van der Waals surface area (Å²) in [6.07, 6.45) is 2.15. The molecule has 7 heteroatoms. The number of carboxylic acids is 1. The van der Waals surface area contributed by atoms with Crippen LogP contribution in [-0.2, 0) is 19.8 Å². The quantitative estimate of drug-likeness (QED) is 0.367. The van der Waals surface area contributed by atoms with Crippen molar-refractivity contribution in [3.05, 3.63) is 47.5 Å². The largest absolute Gasteiger partial charge is 0.478 e. The summed E-state index contributed by atoms with van der Waals surface area (Å²) >= 11 is 0. The molecule has 1 aromatic rings. The first-order valence-corrected chi connectivity index (χ1v) is 11.9. The van der Waals surface area contributed by atoms with Crippen LogP contribution < -0.4 is 16.0 Å². The van der Waals surface area contributed by atoms with Crippen molar-refractivity contribution >= 4 is 17.8 Å². The Morgan fingerprint density at radius 1 is 0.941 bits per heavy atom. The van der Waals surface area contributed by atoms with Gasteiger partial charge in [0.25, 0.3) is 0 Å². The molecule has 0 unspecified atom stereocenters. The van der Waals surface area contributed by atoms with Crippen LogP contribution in [0.1, 0.15) is 67.4 Å². The molecule has 1 rings (SSSR count). The van der Waals surface area contributed by atoms with E-state index in [0.717, 1.165) is 5.56 Å². The van der Waals surface area contributed by atoms with E-state index in [0.29, 0.717) is 6.42 Å². The van der Waals surface area contributed by atoms with Crippen LogP contribution in [-0.4, -0.2) is 48.1 Å². The topological polar surface area (TPSA) is 108 Å². The van der Waals surface area contributed by atoms with Crippen LogP contribution in [0.15, 0.2) is 42.0 Å². The minimum absolute atomic E-state index is 0.169. The maximum Gasteiger partial charge on any atom is 0.331 e. The van der Waals surface area contributed by atoms with Gasteiger partial charge in [-0.15, -0.1) is 0 Å². The van der Waals surface area contributed by atoms with Crippen molar-refractivity contribution < 1.29 is 19.5 Å². The fourth-order valence-electron chi connectivity index (χ4n) is 4.07. The Hall–Kier alpha value is -2.67. The van der Waals surface area contributed by atoms with Crippen LogP contribution in [0.4, 0.5) is 0 Å². The highest BCUT2D eigenvalue weighted by Gasteiger charge is 2.40. The van der Waals surface area contributed by atoms with Crippen LogP contribution in [0.2, 0.25) is 0 Å². The molecule has 0 aliphatic heterocycles. The predicted molar refractivity (Wildman–Crippen MR) is 136 cm³/mol. The predicted octanol–water partition coefficient (Wildman–Crippen LogP) is 3.64. The molecule has 0 radical (unpaired) electrons. The molecule has 7 nitrogen and oxygen atoms in total. The number of nitrogens with one attached hydrogen (secondary N) is 3. The van der Waals surface area contributed by atoms with Gasteiger partial charge in [0.2, 0.25) is 11.8 Å². The van der Waals surface area contributed by atoms with Crippen molar-refractivity contribution in [3.63, 3.8) is 0 Å². The lowest BCUT2D eigenvalue weighted by atomic mass is 9.76. The number of hydrogen-bond acceptors (Lipinski definition) is 4. The Balaban J connectivity index is 3.18. The number of aliphatic carboxylic acids is 1. The number of carboxylic acid groups (broad SMARTS) is 1. The van der Waals surface area contributed by atoms with E-state index in [2.05, 4.69) is 16.0 Å². The highest BCUT2D eigenvalue weighted by molar-refractivity contribution is 5.91. The fourth-order valence-corrected chi connectivity index (χ4v) is 4.07. The van der Waals surface area contributed by atoms with Crippen LogP contribution in [0.3, 0.4) is 0 Å². The molecule has 4 N–H and O–H groups in total. The molecular formula is C27H43N3O4. The number of carbonyl (C=O) groups is 3. The van der Waals surface area contributed by atoms with E-state index >= 15 is 0 Å². The third-order valence-electron chi connectivity index (χ3n) is 6.05. The lowest BCUT2D eigenvalue weighted by molar-refractivity contribution is -0.133. The maximum absolute atomic E-state index is 13.4. The molecule has 0 aromatic heterocycles. The van der Waals surface area contributed by atoms with Gasteiger partial charge in [0.1, 0.15) is 6.04 Å². The molecule has 0 bridgehead atoms. The standard InChI is InChI=1S/C27H43N3O4/c1-17(2)15-20(16-18(3)25(33)34)29-23(31)21(26(4,5)6)30-24(32)22(28-9)27(7,8)19-13-11-10-12-14-19/h10-14,16-17,20-22,28H,15H2,1-9H3,(H,29,31)(H,30,32)(H,33,34)/b18-16+/t20-,21+,22+/m0/s1. The van der Waals surface area contributed by atoms with E-state index in [1.165, 1.54) is 6.92 Å². The molecule has 1 aromatic carbocycles. The van der Waals surface area contributed by atoms with Crippen molar-refractivity contribution in [1.82, 2.24) is 16.0 Å². The number of rotatable bonds is 11. The Labute approximate surface area is 204 Å². The molecule has 0 saturated heterocycles. The highest BCUT2D eigenvalue weighted by Crippen LogP contribution is 2.28. The monoisotopic (exact) mass is 473 g/mol. The van der Waals surface area contributed by atoms with Gasteiger partial charge in [-0.25, -0.2) is 4.79 Å². The number of likely N-dealkylation sites (N-methyl/N-ethyl adjacent to an activating group) is 1. The highest BCUT2D eigenvalue weighted by atomic mass is 16.4. The van der Waals surface area contributed by atoms with Crippen molar-refractivity contribution in [2.24, 2.45) is 11.3 Å². The summed E-state index contributed by atoms with van der Waals surface area (Å²) in [4.78, 5) is 38.1. The molecule has 0 aliphatic rings. The van der Waals surface area contributed by atoms with Crippen molar-refractivity contribution in [1.29, 1.82) is 0 Å². The van der Waals surface area contributed by atoms with Crippen molar-refractivity contribution in [3.8, 4) is 0 Å². The zero-order chi connectivity index (χ0) is 26.3. The lowest BCUT2D eigenvalue weighted by Crippen LogP contribution is -2.61. The van der Waals surface area contributed by atoms with Crippen LogP contribution in [0.25, 0.3) is 0 Å². The maximum atomic E-state index is 13.4. The van der Waals surface area contributed by atoms with Gasteiger partial charge in [0, 0.05) is 17.0 Å². The second-order valence-corrected chi connectivity index (χ2v) is 11.0. The molecule has 0 aliphatic carbocycles. The van der Waals surface area contributed by atoms with Crippen molar-refractivity contribution in [2.45, 2.75) is 85.4 Å². The molecule has 0 heterocycles. The summed E-state index contributed by atoms with van der Waals surface area (Å²) in [5.74, 6) is -1.40. The van der Waals surface area contributed by atoms with Crippen LogP contribution in [0.5, 0.6) is 0 Å². The van der Waals surface area contributed by atoms with E-state index in [1.807, 2.05) is 78.8 Å². The minimum atomic E-state index is -1.02. The van der Waals surface area contributed by atoms with Crippen molar-refractivity contribution in [2.75, 3.05) is 7.05 Å². The molecule has 2 amide bonds. The average molecular weight is 474 g/mol. The first kappa shape index (κ1) is 29.4. The zero-order valence-corrected chi connectivity index (χ0v) is 22.2. The van der Waals surface area contributed by atoms with E-state index < -0.39 is 34.9 Å². The summed E-state index contributed by atoms with van der Waals surface area (Å²) < 4.78 is 0. The molecule has 0 spiro atoms. The molecule has 34 heavy (non-hydrogen) atoms. The Morgan fingerprint density at radius 3 is 1.91 bits per heavy atom. The Morgan fingerprint density at radius 2 is 1.47 bits per heavy atom. The summed E-state index contributed by atoms with van der Waals surface area (Å²) in [5.41, 5.74) is 0.0818. The second-order valence-electron chi connectivity index (χ2n) is 11.0. The SMILES string of the molecule is CN[C@H](C(=O)N[C@H](C(=O)N[C@H](/C=C(\C)C(=O)O)CC(C)C)C(C)(C)C)C(C)(C)c1ccccc1. The van der Waals surface area contributed by atoms with Gasteiger partial charge in [-0.05, 0) is 37.3 Å². The Bertz CT molecular complexity index is 870. The number of carbonyl (C=O) groups excluding carboxylic acids is 2. The molecule has 0 fully saturated rings. The minimum Gasteiger partial charge on any atom is -0.478 e.